The first kappa shape index (κ1) is 26.5. The molecule has 0 heterocycles. The zero-order valence-corrected chi connectivity index (χ0v) is 21.8. The lowest BCUT2D eigenvalue weighted by Gasteiger charge is -2.63. The maximum atomic E-state index is 12.2. The minimum Gasteiger partial charge on any atom is -0.393 e. The van der Waals surface area contributed by atoms with Gasteiger partial charge in [0.25, 0.3) is 0 Å². The number of hydrogen-bond donors (Lipinski definition) is 5. The van der Waals surface area contributed by atoms with E-state index in [1.54, 1.807) is 0 Å². The van der Waals surface area contributed by atoms with Crippen LogP contribution in [0.1, 0.15) is 78.6 Å². The van der Waals surface area contributed by atoms with E-state index in [1.165, 1.54) is 0 Å². The minimum atomic E-state index is -1.90. The molecule has 1 amide bonds. The Bertz CT molecular complexity index is 780. The van der Waals surface area contributed by atoms with Crippen LogP contribution in [0.4, 0.5) is 0 Å². The molecule has 4 aliphatic carbocycles. The lowest BCUT2D eigenvalue weighted by atomic mass is 9.43. The van der Waals surface area contributed by atoms with E-state index in [-0.39, 0.29) is 59.0 Å². The average molecular weight is 500 g/mol. The highest BCUT2D eigenvalue weighted by molar-refractivity contribution is 7.79. The maximum Gasteiger partial charge on any atom is 0.220 e. The van der Waals surface area contributed by atoms with Gasteiger partial charge < -0.3 is 25.2 Å². The second-order valence-corrected chi connectivity index (χ2v) is 13.5. The molecule has 0 aromatic heterocycles. The van der Waals surface area contributed by atoms with Crippen molar-refractivity contribution in [1.82, 2.24) is 5.32 Å². The highest BCUT2D eigenvalue weighted by atomic mass is 32.2. The van der Waals surface area contributed by atoms with E-state index >= 15 is 0 Å². The predicted molar refractivity (Wildman–Crippen MR) is 131 cm³/mol. The van der Waals surface area contributed by atoms with Crippen molar-refractivity contribution in [3.8, 4) is 0 Å². The molecule has 0 spiro atoms. The van der Waals surface area contributed by atoms with Gasteiger partial charge in [0, 0.05) is 13.0 Å². The molecule has 0 radical (unpaired) electrons. The van der Waals surface area contributed by atoms with Crippen LogP contribution in [0, 0.1) is 46.3 Å². The second-order valence-electron chi connectivity index (χ2n) is 12.4. The topological polar surface area (TPSA) is 127 Å². The number of carbonyl (C=O) groups excluding carboxylic acids is 1. The average Bonchev–Trinajstić information content (AvgIpc) is 3.12. The molecule has 12 atom stereocenters. The van der Waals surface area contributed by atoms with Gasteiger partial charge in [0.15, 0.2) is 11.1 Å². The molecule has 34 heavy (non-hydrogen) atoms. The molecular formula is C26H45NO6S. The van der Waals surface area contributed by atoms with Crippen LogP contribution in [-0.2, 0) is 15.9 Å². The molecule has 7 nitrogen and oxygen atoms in total. The van der Waals surface area contributed by atoms with Gasteiger partial charge in [-0.25, -0.2) is 4.21 Å². The summed E-state index contributed by atoms with van der Waals surface area (Å²) in [6, 6.07) is 0. The van der Waals surface area contributed by atoms with Gasteiger partial charge in [-0.05, 0) is 97.7 Å². The normalized spacial score (nSPS) is 47.7. The van der Waals surface area contributed by atoms with Crippen molar-refractivity contribution < 1.29 is 28.9 Å². The first-order valence-electron chi connectivity index (χ1n) is 13.4. The van der Waals surface area contributed by atoms with Crippen LogP contribution in [-0.4, -0.2) is 60.6 Å². The fraction of sp³-hybridized carbons (Fsp3) is 0.962. The molecule has 0 bridgehead atoms. The zero-order chi connectivity index (χ0) is 24.8. The molecule has 5 N–H and O–H groups in total. The van der Waals surface area contributed by atoms with Crippen LogP contribution >= 0.6 is 0 Å². The molecule has 4 saturated carbocycles. The third-order valence-corrected chi connectivity index (χ3v) is 11.5. The summed E-state index contributed by atoms with van der Waals surface area (Å²) in [5.41, 5.74) is -0.186. The first-order chi connectivity index (χ1) is 16.0. The summed E-state index contributed by atoms with van der Waals surface area (Å²) in [7, 11) is 0. The van der Waals surface area contributed by atoms with Gasteiger partial charge in [-0.2, -0.15) is 0 Å². The summed E-state index contributed by atoms with van der Waals surface area (Å²) < 4.78 is 19.6. The maximum absolute atomic E-state index is 12.2. The van der Waals surface area contributed by atoms with Gasteiger partial charge in [-0.15, -0.1) is 0 Å². The van der Waals surface area contributed by atoms with Crippen LogP contribution in [0.5, 0.6) is 0 Å². The van der Waals surface area contributed by atoms with Crippen molar-refractivity contribution in [2.75, 3.05) is 12.3 Å². The van der Waals surface area contributed by atoms with Gasteiger partial charge >= 0.3 is 0 Å². The van der Waals surface area contributed by atoms with Crippen molar-refractivity contribution in [2.45, 2.75) is 96.9 Å². The standard InChI is InChI=1S/C26H45NO6S/c1-15(4-7-23(31)27-10-11-34(32)33)18-5-6-19-24-20(14-22(30)26(18,19)3)25(2)9-8-17(28)12-16(25)13-21(24)29/h15-22,24,28-30H,4-14H2,1-3H3,(H,27,31)(H,32,33)/t15-,16+,17-,18-,19?,20?,21-,22+,24?,25+,26-/m1/s1. The number of fused-ring (bicyclic) bond motifs is 5. The Morgan fingerprint density at radius 2 is 1.82 bits per heavy atom. The molecule has 0 aromatic carbocycles. The zero-order valence-electron chi connectivity index (χ0n) is 21.0. The molecule has 4 aliphatic rings. The van der Waals surface area contributed by atoms with Gasteiger partial charge in [-0.1, -0.05) is 20.8 Å². The number of amides is 1. The number of rotatable bonds is 7. The Morgan fingerprint density at radius 1 is 1.09 bits per heavy atom. The fourth-order valence-electron chi connectivity index (χ4n) is 9.06. The van der Waals surface area contributed by atoms with E-state index < -0.39 is 17.2 Å². The SMILES string of the molecule is C[C@H](CCC(=O)NCCS(=O)O)[C@H]1CCC2C3C(C[C@H](O)[C@@]21C)[C@@]1(C)CC[C@@H](O)C[C@H]1C[C@H]3O. The molecule has 4 rings (SSSR count). The van der Waals surface area contributed by atoms with Crippen LogP contribution in [0.25, 0.3) is 0 Å². The van der Waals surface area contributed by atoms with Crippen molar-refractivity contribution in [3.63, 3.8) is 0 Å². The number of aliphatic hydroxyl groups excluding tert-OH is 3. The summed E-state index contributed by atoms with van der Waals surface area (Å²) in [5, 5.41) is 36.0. The van der Waals surface area contributed by atoms with E-state index in [0.29, 0.717) is 24.2 Å². The molecule has 196 valence electrons. The Morgan fingerprint density at radius 3 is 2.53 bits per heavy atom. The summed E-state index contributed by atoms with van der Waals surface area (Å²) in [5.74, 6) is 1.61. The molecule has 8 heteroatoms. The van der Waals surface area contributed by atoms with Crippen LogP contribution < -0.4 is 5.32 Å². The minimum absolute atomic E-state index is 0.0412. The number of nitrogens with one attached hydrogen (secondary N) is 1. The molecule has 0 aromatic rings. The fourth-order valence-corrected chi connectivity index (χ4v) is 9.33. The second kappa shape index (κ2) is 10.1. The smallest absolute Gasteiger partial charge is 0.220 e. The highest BCUT2D eigenvalue weighted by Crippen LogP contribution is 2.68. The van der Waals surface area contributed by atoms with Crippen LogP contribution in [0.2, 0.25) is 0 Å². The van der Waals surface area contributed by atoms with E-state index in [4.69, 9.17) is 4.55 Å². The van der Waals surface area contributed by atoms with Crippen molar-refractivity contribution in [2.24, 2.45) is 46.3 Å². The first-order valence-corrected chi connectivity index (χ1v) is 14.6. The Balaban J connectivity index is 1.45. The van der Waals surface area contributed by atoms with Crippen molar-refractivity contribution in [1.29, 1.82) is 0 Å². The largest absolute Gasteiger partial charge is 0.393 e. The number of hydrogen-bond acceptors (Lipinski definition) is 5. The third kappa shape index (κ3) is 4.62. The van der Waals surface area contributed by atoms with E-state index in [0.717, 1.165) is 51.4 Å². The van der Waals surface area contributed by atoms with Crippen LogP contribution in [0.3, 0.4) is 0 Å². The van der Waals surface area contributed by atoms with E-state index in [1.807, 2.05) is 0 Å². The van der Waals surface area contributed by atoms with E-state index in [2.05, 4.69) is 26.1 Å². The van der Waals surface area contributed by atoms with Gasteiger partial charge in [0.2, 0.25) is 5.91 Å². The van der Waals surface area contributed by atoms with Crippen molar-refractivity contribution in [3.05, 3.63) is 0 Å². The van der Waals surface area contributed by atoms with Gasteiger partial charge in [0.05, 0.1) is 24.1 Å². The molecule has 0 saturated heterocycles. The Hall–Kier alpha value is -0.540. The lowest BCUT2D eigenvalue weighted by Crippen LogP contribution is -2.62. The Kier molecular flexibility index (Phi) is 7.86. The molecule has 4 fully saturated rings. The summed E-state index contributed by atoms with van der Waals surface area (Å²) in [6.45, 7) is 6.97. The van der Waals surface area contributed by atoms with Gasteiger partial charge in [0.1, 0.15) is 0 Å². The Labute approximate surface area is 206 Å². The summed E-state index contributed by atoms with van der Waals surface area (Å²) >= 11 is -1.90. The monoisotopic (exact) mass is 499 g/mol. The molecule has 4 unspecified atom stereocenters. The van der Waals surface area contributed by atoms with Gasteiger partial charge in [-0.3, -0.25) is 4.79 Å². The molecular weight excluding hydrogens is 454 g/mol. The predicted octanol–water partition coefficient (Wildman–Crippen LogP) is 2.70. The third-order valence-electron chi connectivity index (χ3n) is 10.9. The highest BCUT2D eigenvalue weighted by Gasteiger charge is 2.65. The lowest BCUT2D eigenvalue weighted by molar-refractivity contribution is -0.207. The summed E-state index contributed by atoms with van der Waals surface area (Å²) in [6.07, 6.45) is 6.12. The number of carbonyl (C=O) groups is 1. The van der Waals surface area contributed by atoms with Crippen LogP contribution in [0.15, 0.2) is 0 Å². The number of aliphatic hydroxyl groups is 3. The van der Waals surface area contributed by atoms with Crippen molar-refractivity contribution >= 4 is 17.0 Å². The summed E-state index contributed by atoms with van der Waals surface area (Å²) in [4.78, 5) is 12.2. The van der Waals surface area contributed by atoms with E-state index in [9.17, 15) is 24.3 Å². The molecule has 0 aliphatic heterocycles. The quantitative estimate of drug-likeness (QED) is 0.343.